The minimum atomic E-state index is -0.639. The zero-order chi connectivity index (χ0) is 21.0. The number of hydrogen-bond acceptors (Lipinski definition) is 8. The molecule has 0 unspecified atom stereocenters. The number of fused-ring (bicyclic) bond motifs is 2. The first-order chi connectivity index (χ1) is 13.9. The fraction of sp³-hybridized carbons (Fsp3) is 0. The van der Waals surface area contributed by atoms with Gasteiger partial charge in [-0.3, -0.25) is 20.2 Å². The van der Waals surface area contributed by atoms with Crippen LogP contribution in [-0.4, -0.2) is 24.7 Å². The molecule has 0 saturated heterocycles. The van der Waals surface area contributed by atoms with Crippen LogP contribution in [0.5, 0.6) is 0 Å². The Morgan fingerprint density at radius 1 is 0.552 bits per heavy atom. The highest BCUT2D eigenvalue weighted by Gasteiger charge is 2.26. The van der Waals surface area contributed by atoms with Gasteiger partial charge in [-0.05, 0) is 29.2 Å². The molecule has 0 fully saturated rings. The Bertz CT molecular complexity index is 1120. The number of non-ortho nitro benzene ring substituents is 2. The van der Waals surface area contributed by atoms with Crippen molar-refractivity contribution in [2.45, 2.75) is 0 Å². The first-order valence-electron chi connectivity index (χ1n) is 8.05. The van der Waals surface area contributed by atoms with Crippen LogP contribution in [0.15, 0.2) is 67.0 Å². The zero-order valence-corrected chi connectivity index (χ0v) is 14.5. The number of hydrogen-bond donors (Lipinski definition) is 0. The van der Waals surface area contributed by atoms with E-state index in [2.05, 4.69) is 9.97 Å². The van der Waals surface area contributed by atoms with Gasteiger partial charge in [-0.2, -0.15) is 0 Å². The van der Waals surface area contributed by atoms with E-state index in [1.165, 1.54) is 42.7 Å². The van der Waals surface area contributed by atoms with Crippen LogP contribution in [0.3, 0.4) is 0 Å². The second-order valence-corrected chi connectivity index (χ2v) is 5.61. The van der Waals surface area contributed by atoms with Gasteiger partial charge in [0, 0.05) is 6.07 Å². The first kappa shape index (κ1) is 19.2. The van der Waals surface area contributed by atoms with E-state index in [1.54, 1.807) is 24.3 Å². The second kappa shape index (κ2) is 8.00. The zero-order valence-electron chi connectivity index (χ0n) is 14.5. The fourth-order valence-corrected chi connectivity index (χ4v) is 2.86. The van der Waals surface area contributed by atoms with Crippen LogP contribution in [0.2, 0.25) is 0 Å². The van der Waals surface area contributed by atoms with Gasteiger partial charge >= 0.3 is 5.95 Å². The molecule has 4 rings (SSSR count). The lowest BCUT2D eigenvalue weighted by atomic mass is 9.99. The van der Waals surface area contributed by atoms with E-state index in [0.717, 1.165) is 0 Å². The van der Waals surface area contributed by atoms with Crippen LogP contribution < -0.4 is 0 Å². The van der Waals surface area contributed by atoms with Crippen molar-refractivity contribution >= 4 is 38.9 Å². The predicted molar refractivity (Wildman–Crippen MR) is 103 cm³/mol. The molecule has 1 aromatic heterocycles. The Labute approximate surface area is 161 Å². The summed E-state index contributed by atoms with van der Waals surface area (Å²) in [5.41, 5.74) is -0.191. The van der Waals surface area contributed by atoms with Crippen molar-refractivity contribution in [1.82, 2.24) is 9.97 Å². The van der Waals surface area contributed by atoms with Gasteiger partial charge in [0.05, 0.1) is 31.4 Å². The molecule has 0 aliphatic carbocycles. The fourth-order valence-electron chi connectivity index (χ4n) is 2.86. The van der Waals surface area contributed by atoms with Crippen LogP contribution in [0.25, 0.3) is 21.5 Å². The van der Waals surface area contributed by atoms with Crippen molar-refractivity contribution < 1.29 is 14.8 Å². The van der Waals surface area contributed by atoms with Crippen LogP contribution in [0, 0.1) is 30.3 Å². The minimum absolute atomic E-state index is 0.0956. The molecule has 11 nitrogen and oxygen atoms in total. The molecule has 4 aromatic rings. The van der Waals surface area contributed by atoms with Gasteiger partial charge in [0.1, 0.15) is 12.4 Å². The third-order valence-electron chi connectivity index (χ3n) is 3.96. The van der Waals surface area contributed by atoms with Crippen molar-refractivity contribution in [3.63, 3.8) is 0 Å². The molecular formula is C18H11N5O6. The maximum atomic E-state index is 11.3. The third-order valence-corrected chi connectivity index (χ3v) is 3.96. The summed E-state index contributed by atoms with van der Waals surface area (Å²) in [7, 11) is 0. The van der Waals surface area contributed by atoms with Crippen molar-refractivity contribution in [2.24, 2.45) is 0 Å². The van der Waals surface area contributed by atoms with Gasteiger partial charge in [0.2, 0.25) is 0 Å². The van der Waals surface area contributed by atoms with Crippen LogP contribution in [0.1, 0.15) is 0 Å². The van der Waals surface area contributed by atoms with Gasteiger partial charge in [-0.15, -0.1) is 0 Å². The normalized spacial score (nSPS) is 10.2. The number of benzene rings is 3. The second-order valence-electron chi connectivity index (χ2n) is 5.61. The number of aromatic nitrogens is 2. The minimum Gasteiger partial charge on any atom is -0.390 e. The number of nitro benzene ring substituents is 2. The quantitative estimate of drug-likeness (QED) is 0.285. The lowest BCUT2D eigenvalue weighted by Gasteiger charge is -2.06. The van der Waals surface area contributed by atoms with Gasteiger partial charge in [-0.25, -0.2) is 0 Å². The average molecular weight is 393 g/mol. The summed E-state index contributed by atoms with van der Waals surface area (Å²) in [6.45, 7) is 0. The standard InChI is InChI=1S/C14H8N2O4.C4H3N3O2/c17-15(18)13-9-5-1-2-6-10(9)14(16(19)20)12-8-4-3-7-11(12)13;8-7(9)4-5-2-1-3-6-4/h1-8H;1-3H. The van der Waals surface area contributed by atoms with E-state index < -0.39 is 14.8 Å². The molecule has 0 spiro atoms. The van der Waals surface area contributed by atoms with E-state index in [0.29, 0.717) is 0 Å². The molecule has 0 aliphatic rings. The van der Waals surface area contributed by atoms with Crippen molar-refractivity contribution in [3.8, 4) is 0 Å². The number of nitro groups is 3. The number of nitrogens with zero attached hydrogens (tertiary/aromatic N) is 5. The van der Waals surface area contributed by atoms with Gasteiger partial charge in [0.15, 0.2) is 0 Å². The average Bonchev–Trinajstić information content (AvgIpc) is 2.72. The van der Waals surface area contributed by atoms with Gasteiger partial charge in [-0.1, -0.05) is 34.2 Å². The molecule has 0 radical (unpaired) electrons. The van der Waals surface area contributed by atoms with E-state index >= 15 is 0 Å². The number of rotatable bonds is 3. The summed E-state index contributed by atoms with van der Waals surface area (Å²) in [6.07, 6.45) is 2.65. The Morgan fingerprint density at radius 3 is 1.14 bits per heavy atom. The molecular weight excluding hydrogens is 382 g/mol. The lowest BCUT2D eigenvalue weighted by Crippen LogP contribution is -1.97. The van der Waals surface area contributed by atoms with E-state index in [1.807, 2.05) is 0 Å². The Hall–Kier alpha value is -4.54. The lowest BCUT2D eigenvalue weighted by molar-refractivity contribution is -0.394. The monoisotopic (exact) mass is 393 g/mol. The molecule has 0 atom stereocenters. The maximum Gasteiger partial charge on any atom is 0.468 e. The molecule has 29 heavy (non-hydrogen) atoms. The molecule has 144 valence electrons. The summed E-state index contributed by atoms with van der Waals surface area (Å²) in [4.78, 5) is 37.7. The van der Waals surface area contributed by atoms with E-state index in [9.17, 15) is 30.3 Å². The van der Waals surface area contributed by atoms with E-state index in [4.69, 9.17) is 0 Å². The molecule has 3 aromatic carbocycles. The molecule has 0 amide bonds. The van der Waals surface area contributed by atoms with Crippen LogP contribution in [-0.2, 0) is 0 Å². The topological polar surface area (TPSA) is 155 Å². The highest BCUT2D eigenvalue weighted by Crippen LogP contribution is 2.41. The summed E-state index contributed by atoms with van der Waals surface area (Å²) in [5.74, 6) is -0.363. The van der Waals surface area contributed by atoms with Crippen molar-refractivity contribution in [1.29, 1.82) is 0 Å². The highest BCUT2D eigenvalue weighted by atomic mass is 16.6. The highest BCUT2D eigenvalue weighted by molar-refractivity contribution is 6.15. The molecule has 1 heterocycles. The van der Waals surface area contributed by atoms with E-state index in [-0.39, 0.29) is 38.9 Å². The van der Waals surface area contributed by atoms with Crippen LogP contribution >= 0.6 is 0 Å². The smallest absolute Gasteiger partial charge is 0.390 e. The molecule has 0 bridgehead atoms. The Kier molecular flexibility index (Phi) is 5.30. The third kappa shape index (κ3) is 3.78. The summed E-state index contributed by atoms with van der Waals surface area (Å²) in [6, 6.07) is 14.2. The van der Waals surface area contributed by atoms with Gasteiger partial charge in [0.25, 0.3) is 11.4 Å². The SMILES string of the molecule is O=[N+]([O-])c1c2ccccc2c([N+](=O)[O-])c2ccccc12.O=[N+]([O-])c1ncccn1. The largest absolute Gasteiger partial charge is 0.468 e. The van der Waals surface area contributed by atoms with Crippen molar-refractivity contribution in [2.75, 3.05) is 0 Å². The molecule has 0 N–H and O–H groups in total. The maximum absolute atomic E-state index is 11.3. The van der Waals surface area contributed by atoms with Gasteiger partial charge < -0.3 is 10.1 Å². The Morgan fingerprint density at radius 2 is 0.897 bits per heavy atom. The molecule has 0 aliphatic heterocycles. The van der Waals surface area contributed by atoms with Crippen molar-refractivity contribution in [3.05, 3.63) is 97.3 Å². The molecule has 0 saturated carbocycles. The Balaban J connectivity index is 0.000000224. The summed E-state index contributed by atoms with van der Waals surface area (Å²) >= 11 is 0. The molecule has 11 heteroatoms. The summed E-state index contributed by atoms with van der Waals surface area (Å²) < 4.78 is 0. The van der Waals surface area contributed by atoms with Crippen LogP contribution in [0.4, 0.5) is 17.3 Å². The first-order valence-corrected chi connectivity index (χ1v) is 8.05. The summed E-state index contributed by atoms with van der Waals surface area (Å²) in [5, 5.41) is 33.7. The predicted octanol–water partition coefficient (Wildman–Crippen LogP) is 4.19.